The number of hydrogen-bond donors (Lipinski definition) is 1. The van der Waals surface area contributed by atoms with Gasteiger partial charge in [-0.15, -0.1) is 0 Å². The van der Waals surface area contributed by atoms with Gasteiger partial charge < -0.3 is 14.5 Å². The summed E-state index contributed by atoms with van der Waals surface area (Å²) in [5.41, 5.74) is 3.01. The Labute approximate surface area is 196 Å². The summed E-state index contributed by atoms with van der Waals surface area (Å²) in [7, 11) is 1.98. The van der Waals surface area contributed by atoms with Crippen molar-refractivity contribution in [2.45, 2.75) is 39.2 Å². The smallest absolute Gasteiger partial charge is 0.200 e. The summed E-state index contributed by atoms with van der Waals surface area (Å²) in [6.07, 6.45) is 4.89. The lowest BCUT2D eigenvalue weighted by molar-refractivity contribution is 0.201. The van der Waals surface area contributed by atoms with Crippen molar-refractivity contribution in [2.24, 2.45) is 0 Å². The van der Waals surface area contributed by atoms with Crippen LogP contribution >= 0.6 is 0 Å². The summed E-state index contributed by atoms with van der Waals surface area (Å²) in [4.78, 5) is 13.0. The van der Waals surface area contributed by atoms with E-state index in [0.29, 0.717) is 22.3 Å². The summed E-state index contributed by atoms with van der Waals surface area (Å²) >= 11 is 0. The van der Waals surface area contributed by atoms with Crippen molar-refractivity contribution >= 4 is 11.0 Å². The number of benzene rings is 3. The minimum atomic E-state index is -0.0620. The maximum Gasteiger partial charge on any atom is 0.200 e. The first-order valence-electron chi connectivity index (χ1n) is 11.6. The van der Waals surface area contributed by atoms with E-state index in [1.165, 1.54) is 19.1 Å². The minimum absolute atomic E-state index is 0.0549. The second-order valence-electron chi connectivity index (χ2n) is 7.89. The molecular weight excluding hydrogens is 410 g/mol. The molecule has 3 aromatic carbocycles. The molecule has 1 aromatic heterocycles. The Morgan fingerprint density at radius 1 is 0.939 bits per heavy atom. The van der Waals surface area contributed by atoms with E-state index in [0.717, 1.165) is 24.1 Å². The maximum atomic E-state index is 13.0. The zero-order valence-corrected chi connectivity index (χ0v) is 19.7. The van der Waals surface area contributed by atoms with Gasteiger partial charge in [0.25, 0.3) is 0 Å². The number of fused-ring (bicyclic) bond motifs is 1. The molecule has 0 spiro atoms. The van der Waals surface area contributed by atoms with Crippen LogP contribution in [0.2, 0.25) is 0 Å². The number of hydrogen-bond acceptors (Lipinski definition) is 4. The molecule has 4 rings (SSSR count). The highest BCUT2D eigenvalue weighted by Crippen LogP contribution is 2.28. The maximum absolute atomic E-state index is 13.0. The van der Waals surface area contributed by atoms with E-state index < -0.39 is 0 Å². The van der Waals surface area contributed by atoms with Crippen LogP contribution in [0, 0.1) is 0 Å². The molecule has 0 radical (unpaired) electrons. The van der Waals surface area contributed by atoms with Gasteiger partial charge in [0.2, 0.25) is 5.43 Å². The Morgan fingerprint density at radius 2 is 1.64 bits per heavy atom. The van der Waals surface area contributed by atoms with Gasteiger partial charge in [0.1, 0.15) is 23.7 Å². The lowest BCUT2D eigenvalue weighted by Crippen LogP contribution is -2.08. The van der Waals surface area contributed by atoms with Gasteiger partial charge in [-0.2, -0.15) is 0 Å². The molecule has 1 heterocycles. The molecule has 1 N–H and O–H groups in total. The monoisotopic (exact) mass is 443 g/mol. The van der Waals surface area contributed by atoms with Gasteiger partial charge >= 0.3 is 0 Å². The lowest BCUT2D eigenvalue weighted by Gasteiger charge is -2.18. The van der Waals surface area contributed by atoms with Crippen molar-refractivity contribution in [3.8, 4) is 16.9 Å². The van der Waals surface area contributed by atoms with Crippen LogP contribution in [0.5, 0.6) is 5.75 Å². The molecule has 33 heavy (non-hydrogen) atoms. The van der Waals surface area contributed by atoms with Gasteiger partial charge in [0, 0.05) is 0 Å². The molecule has 1 atom stereocenters. The molecule has 0 aliphatic carbocycles. The highest BCUT2D eigenvalue weighted by atomic mass is 16.5. The Balaban J connectivity index is 0.000000454. The van der Waals surface area contributed by atoms with Crippen LogP contribution in [0.15, 0.2) is 94.3 Å². The van der Waals surface area contributed by atoms with Crippen molar-refractivity contribution in [2.75, 3.05) is 13.6 Å². The van der Waals surface area contributed by atoms with Gasteiger partial charge in [0.05, 0.1) is 10.9 Å². The van der Waals surface area contributed by atoms with Gasteiger partial charge in [-0.1, -0.05) is 80.9 Å². The molecule has 0 bridgehead atoms. The van der Waals surface area contributed by atoms with E-state index in [1.54, 1.807) is 12.1 Å². The average Bonchev–Trinajstić information content (AvgIpc) is 2.88. The van der Waals surface area contributed by atoms with E-state index in [4.69, 9.17) is 9.15 Å². The van der Waals surface area contributed by atoms with Crippen molar-refractivity contribution in [3.63, 3.8) is 0 Å². The highest BCUT2D eigenvalue weighted by molar-refractivity contribution is 5.82. The molecule has 4 aromatic rings. The van der Waals surface area contributed by atoms with Crippen LogP contribution in [0.25, 0.3) is 22.1 Å². The van der Waals surface area contributed by atoms with Crippen molar-refractivity contribution in [3.05, 3.63) is 101 Å². The van der Waals surface area contributed by atoms with Gasteiger partial charge in [-0.3, -0.25) is 4.79 Å². The summed E-state index contributed by atoms with van der Waals surface area (Å²) in [5.74, 6) is 0.663. The van der Waals surface area contributed by atoms with E-state index in [9.17, 15) is 4.79 Å². The van der Waals surface area contributed by atoms with Crippen LogP contribution in [-0.4, -0.2) is 13.6 Å². The fraction of sp³-hybridized carbons (Fsp3) is 0.276. The summed E-state index contributed by atoms with van der Waals surface area (Å²) < 4.78 is 11.9. The van der Waals surface area contributed by atoms with Crippen LogP contribution in [-0.2, 0) is 0 Å². The first-order chi connectivity index (χ1) is 16.2. The number of ether oxygens (including phenoxy) is 1. The summed E-state index contributed by atoms with van der Waals surface area (Å²) in [6.45, 7) is 5.44. The zero-order valence-electron chi connectivity index (χ0n) is 19.7. The van der Waals surface area contributed by atoms with Crippen molar-refractivity contribution in [1.82, 2.24) is 5.32 Å². The molecule has 0 amide bonds. The van der Waals surface area contributed by atoms with Crippen LogP contribution in [0.3, 0.4) is 0 Å². The molecule has 0 fully saturated rings. The molecular formula is C29H33NO3. The topological polar surface area (TPSA) is 51.5 Å². The third-order valence-corrected chi connectivity index (χ3v) is 5.43. The summed E-state index contributed by atoms with van der Waals surface area (Å²) in [6, 6.07) is 25.1. The standard InChI is InChI=1S/C24H20O3.C5H13N/c1-2-22(18-11-7-4-8-12-18)27-19-13-14-23-20(15-19)24(25)21(16-26-23)17-9-5-3-6-10-17;1-3-4-5-6-2/h3-16,22H,2H2,1H3;6H,3-5H2,1-2H3. The van der Waals surface area contributed by atoms with Crippen molar-refractivity contribution < 1.29 is 9.15 Å². The molecule has 0 aliphatic heterocycles. The Morgan fingerprint density at radius 3 is 2.24 bits per heavy atom. The van der Waals surface area contributed by atoms with E-state index in [-0.39, 0.29) is 11.5 Å². The molecule has 1 unspecified atom stereocenters. The largest absolute Gasteiger partial charge is 0.486 e. The SMILES string of the molecule is CCC(Oc1ccc2occ(-c3ccccc3)c(=O)c2c1)c1ccccc1.CCCCNC. The molecule has 4 heteroatoms. The number of unbranched alkanes of at least 4 members (excludes halogenated alkanes) is 1. The average molecular weight is 444 g/mol. The molecule has 0 saturated heterocycles. The van der Waals surface area contributed by atoms with E-state index in [2.05, 4.69) is 31.3 Å². The van der Waals surface area contributed by atoms with Crippen LogP contribution < -0.4 is 15.5 Å². The molecule has 0 aliphatic rings. The second kappa shape index (κ2) is 12.6. The normalized spacial score (nSPS) is 11.5. The Hall–Kier alpha value is -3.37. The molecule has 0 saturated carbocycles. The predicted octanol–water partition coefficient (Wildman–Crippen LogP) is 7.00. The number of nitrogens with one attached hydrogen (secondary N) is 1. The summed E-state index contributed by atoms with van der Waals surface area (Å²) in [5, 5.41) is 3.59. The van der Waals surface area contributed by atoms with E-state index >= 15 is 0 Å². The molecule has 172 valence electrons. The minimum Gasteiger partial charge on any atom is -0.486 e. The Kier molecular flexibility index (Phi) is 9.28. The van der Waals surface area contributed by atoms with Gasteiger partial charge in [-0.05, 0) is 55.8 Å². The number of rotatable bonds is 8. The van der Waals surface area contributed by atoms with Gasteiger partial charge in [0.15, 0.2) is 0 Å². The van der Waals surface area contributed by atoms with Gasteiger partial charge in [-0.25, -0.2) is 0 Å². The molecule has 4 nitrogen and oxygen atoms in total. The third-order valence-electron chi connectivity index (χ3n) is 5.43. The zero-order chi connectivity index (χ0) is 23.5. The quantitative estimate of drug-likeness (QED) is 0.298. The lowest BCUT2D eigenvalue weighted by atomic mass is 10.1. The first-order valence-corrected chi connectivity index (χ1v) is 11.6. The predicted molar refractivity (Wildman–Crippen MR) is 137 cm³/mol. The first kappa shape index (κ1) is 24.3. The highest BCUT2D eigenvalue weighted by Gasteiger charge is 2.13. The fourth-order valence-corrected chi connectivity index (χ4v) is 3.57. The van der Waals surface area contributed by atoms with Crippen molar-refractivity contribution in [1.29, 1.82) is 0 Å². The van der Waals surface area contributed by atoms with Crippen LogP contribution in [0.4, 0.5) is 0 Å². The van der Waals surface area contributed by atoms with Crippen LogP contribution in [0.1, 0.15) is 44.8 Å². The third kappa shape index (κ3) is 6.56. The Bertz CT molecular complexity index is 1170. The fourth-order valence-electron chi connectivity index (χ4n) is 3.57. The van der Waals surface area contributed by atoms with E-state index in [1.807, 2.05) is 61.6 Å². The second-order valence-corrected chi connectivity index (χ2v) is 7.89.